The molecule has 0 amide bonds. The maximum atomic E-state index is 11.6. The molecule has 84 valence electrons. The van der Waals surface area contributed by atoms with Crippen LogP contribution in [-0.4, -0.2) is 21.7 Å². The molecule has 0 bridgehead atoms. The van der Waals surface area contributed by atoms with Crippen molar-refractivity contribution < 1.29 is 14.6 Å². The molecule has 6 heteroatoms. The van der Waals surface area contributed by atoms with E-state index in [1.54, 1.807) is 24.3 Å². The summed E-state index contributed by atoms with van der Waals surface area (Å²) in [4.78, 5) is 11.5. The summed E-state index contributed by atoms with van der Waals surface area (Å²) < 4.78 is 5.00. The van der Waals surface area contributed by atoms with Gasteiger partial charge in [0.15, 0.2) is 0 Å². The van der Waals surface area contributed by atoms with E-state index >= 15 is 0 Å². The number of rotatable bonds is 1. The zero-order valence-electron chi connectivity index (χ0n) is 8.27. The number of hydrogen-bond acceptors (Lipinski definition) is 5. The minimum absolute atomic E-state index is 0.0606. The van der Waals surface area contributed by atoms with Crippen molar-refractivity contribution in [2.45, 2.75) is 12.0 Å². The van der Waals surface area contributed by atoms with Gasteiger partial charge in [0.05, 0.1) is 0 Å². The van der Waals surface area contributed by atoms with Gasteiger partial charge in [-0.2, -0.15) is 0 Å². The molecule has 1 aliphatic rings. The van der Waals surface area contributed by atoms with Crippen LogP contribution in [0.5, 0.6) is 5.75 Å². The van der Waals surface area contributed by atoms with Crippen molar-refractivity contribution in [2.24, 2.45) is 5.84 Å². The molecule has 0 aromatic heterocycles. The minimum atomic E-state index is -1.88. The first kappa shape index (κ1) is 11.0. The fourth-order valence-electron chi connectivity index (χ4n) is 1.57. The highest BCUT2D eigenvalue weighted by molar-refractivity contribution is 7.80. The van der Waals surface area contributed by atoms with Gasteiger partial charge in [0.1, 0.15) is 10.7 Å². The van der Waals surface area contributed by atoms with Gasteiger partial charge in [0.25, 0.3) is 0 Å². The number of hydrazine groups is 1. The lowest BCUT2D eigenvalue weighted by Gasteiger charge is -2.30. The summed E-state index contributed by atoms with van der Waals surface area (Å²) in [5, 5.41) is 10.1. The molecule has 1 unspecified atom stereocenters. The Bertz CT molecular complexity index is 463. The van der Waals surface area contributed by atoms with Crippen LogP contribution in [0.15, 0.2) is 24.3 Å². The van der Waals surface area contributed by atoms with E-state index in [4.69, 9.17) is 22.8 Å². The Kier molecular flexibility index (Phi) is 2.63. The second-order valence-corrected chi connectivity index (χ2v) is 3.92. The monoisotopic (exact) mass is 238 g/mol. The molecule has 1 aromatic carbocycles. The van der Waals surface area contributed by atoms with Crippen LogP contribution in [0.1, 0.15) is 5.56 Å². The molecule has 1 aromatic rings. The number of carbonyl (C=O) groups excluding carboxylic acids is 1. The Labute approximate surface area is 97.2 Å². The smallest absolute Gasteiger partial charge is 0.351 e. The molecule has 0 saturated heterocycles. The van der Waals surface area contributed by atoms with Crippen LogP contribution in [-0.2, 0) is 11.2 Å². The second-order valence-electron chi connectivity index (χ2n) is 3.51. The first-order valence-corrected chi connectivity index (χ1v) is 5.02. The first-order valence-electron chi connectivity index (χ1n) is 4.61. The maximum Gasteiger partial charge on any atom is 0.351 e. The highest BCUT2D eigenvalue weighted by atomic mass is 32.1. The molecular weight excluding hydrogens is 228 g/mol. The lowest BCUT2D eigenvalue weighted by Crippen LogP contribution is -2.58. The van der Waals surface area contributed by atoms with Crippen molar-refractivity contribution in [1.29, 1.82) is 0 Å². The van der Waals surface area contributed by atoms with Crippen LogP contribution in [0, 0.1) is 0 Å². The Morgan fingerprint density at radius 3 is 2.94 bits per heavy atom. The quantitative estimate of drug-likeness (QED) is 0.204. The van der Waals surface area contributed by atoms with E-state index in [1.807, 2.05) is 0 Å². The van der Waals surface area contributed by atoms with E-state index < -0.39 is 11.6 Å². The van der Waals surface area contributed by atoms with Crippen LogP contribution in [0.3, 0.4) is 0 Å². The largest absolute Gasteiger partial charge is 0.424 e. The molecule has 0 spiro atoms. The molecule has 0 fully saturated rings. The summed E-state index contributed by atoms with van der Waals surface area (Å²) in [6, 6.07) is 6.95. The molecule has 4 N–H and O–H groups in total. The van der Waals surface area contributed by atoms with Gasteiger partial charge < -0.3 is 15.3 Å². The lowest BCUT2D eigenvalue weighted by atomic mass is 9.91. The number of aliphatic hydroxyl groups is 1. The van der Waals surface area contributed by atoms with Gasteiger partial charge in [-0.3, -0.25) is 0 Å². The molecule has 1 aliphatic heterocycles. The number of nitrogens with one attached hydrogen (secondary N) is 1. The van der Waals surface area contributed by atoms with E-state index in [2.05, 4.69) is 5.43 Å². The number of benzene rings is 1. The number of ether oxygens (including phenoxy) is 1. The fraction of sp³-hybridized carbons (Fsp3) is 0.200. The number of thiocarbonyl (C=S) groups is 1. The van der Waals surface area contributed by atoms with Crippen molar-refractivity contribution in [2.75, 3.05) is 0 Å². The molecule has 1 atom stereocenters. The molecule has 16 heavy (non-hydrogen) atoms. The Hall–Kier alpha value is -1.50. The zero-order chi connectivity index (χ0) is 11.8. The predicted molar refractivity (Wildman–Crippen MR) is 60.7 cm³/mol. The first-order chi connectivity index (χ1) is 7.58. The van der Waals surface area contributed by atoms with Gasteiger partial charge in [-0.15, -0.1) is 0 Å². The Morgan fingerprint density at radius 2 is 2.25 bits per heavy atom. The molecule has 0 saturated carbocycles. The van der Waals surface area contributed by atoms with E-state index in [9.17, 15) is 9.90 Å². The normalized spacial score (nSPS) is 23.2. The SMILES string of the molecule is NNC(=S)C1(O)Cc2ccccc2OC1=O. The summed E-state index contributed by atoms with van der Waals surface area (Å²) in [6.45, 7) is 0. The lowest BCUT2D eigenvalue weighted by molar-refractivity contribution is -0.150. The van der Waals surface area contributed by atoms with Crippen molar-refractivity contribution in [3.8, 4) is 5.75 Å². The van der Waals surface area contributed by atoms with Crippen LogP contribution in [0.25, 0.3) is 0 Å². The topological polar surface area (TPSA) is 84.6 Å². The number of carbonyl (C=O) groups is 1. The van der Waals surface area contributed by atoms with Gasteiger partial charge in [0, 0.05) is 6.42 Å². The standard InChI is InChI=1S/C10H10N2O3S/c11-12-8(16)10(14)5-6-3-1-2-4-7(6)15-9(10)13/h1-4,14H,5,11H2,(H,12,16). The average Bonchev–Trinajstić information content (AvgIpc) is 2.29. The van der Waals surface area contributed by atoms with Crippen molar-refractivity contribution in [1.82, 2.24) is 5.43 Å². The average molecular weight is 238 g/mol. The third-order valence-corrected chi connectivity index (χ3v) is 2.92. The fourth-order valence-corrected chi connectivity index (χ4v) is 1.73. The predicted octanol–water partition coefficient (Wildman–Crippen LogP) is -0.330. The second kappa shape index (κ2) is 3.82. The van der Waals surface area contributed by atoms with Gasteiger partial charge in [0.2, 0.25) is 5.60 Å². The maximum absolute atomic E-state index is 11.6. The molecular formula is C10H10N2O3S. The van der Waals surface area contributed by atoms with E-state index in [1.165, 1.54) is 0 Å². The molecule has 5 nitrogen and oxygen atoms in total. The molecule has 0 aliphatic carbocycles. The zero-order valence-corrected chi connectivity index (χ0v) is 9.08. The van der Waals surface area contributed by atoms with E-state index in [-0.39, 0.29) is 11.4 Å². The Balaban J connectivity index is 2.41. The summed E-state index contributed by atoms with van der Waals surface area (Å²) in [5.74, 6) is 4.74. The van der Waals surface area contributed by atoms with E-state index in [0.717, 1.165) is 0 Å². The van der Waals surface area contributed by atoms with Gasteiger partial charge in [-0.25, -0.2) is 10.6 Å². The van der Waals surface area contributed by atoms with E-state index in [0.29, 0.717) is 11.3 Å². The van der Waals surface area contributed by atoms with Crippen LogP contribution >= 0.6 is 12.2 Å². The third-order valence-electron chi connectivity index (χ3n) is 2.47. The van der Waals surface area contributed by atoms with Crippen LogP contribution < -0.4 is 16.0 Å². The summed E-state index contributed by atoms with van der Waals surface area (Å²) in [6.07, 6.45) is 0.0606. The van der Waals surface area contributed by atoms with Gasteiger partial charge >= 0.3 is 5.97 Å². The summed E-state index contributed by atoms with van der Waals surface area (Å²) in [7, 11) is 0. The van der Waals surface area contributed by atoms with Crippen molar-refractivity contribution >= 4 is 23.2 Å². The molecule has 1 heterocycles. The van der Waals surface area contributed by atoms with Crippen LogP contribution in [0.4, 0.5) is 0 Å². The number of nitrogens with two attached hydrogens (primary N) is 1. The number of fused-ring (bicyclic) bond motifs is 1. The number of para-hydroxylation sites is 1. The number of hydrogen-bond donors (Lipinski definition) is 3. The molecule has 2 rings (SSSR count). The van der Waals surface area contributed by atoms with Gasteiger partial charge in [-0.1, -0.05) is 30.4 Å². The third kappa shape index (κ3) is 1.57. The Morgan fingerprint density at radius 1 is 1.56 bits per heavy atom. The highest BCUT2D eigenvalue weighted by Crippen LogP contribution is 2.30. The summed E-state index contributed by atoms with van der Waals surface area (Å²) in [5.41, 5.74) is 0.951. The van der Waals surface area contributed by atoms with Gasteiger partial charge in [-0.05, 0) is 11.6 Å². The molecule has 0 radical (unpaired) electrons. The minimum Gasteiger partial charge on any atom is -0.424 e. The number of esters is 1. The summed E-state index contributed by atoms with van der Waals surface area (Å²) >= 11 is 4.81. The van der Waals surface area contributed by atoms with Crippen molar-refractivity contribution in [3.05, 3.63) is 29.8 Å². The van der Waals surface area contributed by atoms with Crippen LogP contribution in [0.2, 0.25) is 0 Å². The highest BCUT2D eigenvalue weighted by Gasteiger charge is 2.46. The van der Waals surface area contributed by atoms with Crippen molar-refractivity contribution in [3.63, 3.8) is 0 Å².